The Morgan fingerprint density at radius 3 is 2.50 bits per heavy atom. The molecule has 2 aromatic carbocycles. The van der Waals surface area contributed by atoms with E-state index in [2.05, 4.69) is 10.6 Å². The van der Waals surface area contributed by atoms with Crippen molar-refractivity contribution >= 4 is 16.7 Å². The standard InChI is InChI=1S/C23H25NO2/c1-15(25)17-12-13-18-20(14-17)24(2)23(19-10-6-7-11-21(19)26)22(18)16-8-4-3-5-9-16/h6-7,10-14,16,26H,3-5,8-9H2,1-2H3. The average Bonchev–Trinajstić information content (AvgIpc) is 2.95. The van der Waals surface area contributed by atoms with E-state index in [1.807, 2.05) is 37.4 Å². The van der Waals surface area contributed by atoms with E-state index >= 15 is 0 Å². The molecule has 0 amide bonds. The minimum atomic E-state index is 0.0800. The molecule has 3 aromatic rings. The normalized spacial score (nSPS) is 15.5. The molecule has 1 aliphatic rings. The molecule has 0 bridgehead atoms. The van der Waals surface area contributed by atoms with Crippen LogP contribution in [-0.4, -0.2) is 15.5 Å². The lowest BCUT2D eigenvalue weighted by molar-refractivity contribution is 0.101. The molecule has 26 heavy (non-hydrogen) atoms. The molecule has 0 spiro atoms. The van der Waals surface area contributed by atoms with Gasteiger partial charge in [0, 0.05) is 29.1 Å². The Hall–Kier alpha value is -2.55. The number of aryl methyl sites for hydroxylation is 1. The van der Waals surface area contributed by atoms with E-state index < -0.39 is 0 Å². The molecule has 0 aliphatic heterocycles. The van der Waals surface area contributed by atoms with Crippen molar-refractivity contribution in [2.24, 2.45) is 7.05 Å². The Balaban J connectivity index is 2.03. The second-order valence-corrected chi connectivity index (χ2v) is 7.46. The second-order valence-electron chi connectivity index (χ2n) is 7.46. The molecule has 1 heterocycles. The number of aromatic hydroxyl groups is 1. The molecule has 1 N–H and O–H groups in total. The third-order valence-electron chi connectivity index (χ3n) is 5.82. The number of benzene rings is 2. The molecular weight excluding hydrogens is 322 g/mol. The highest BCUT2D eigenvalue weighted by Crippen LogP contribution is 2.45. The first-order chi connectivity index (χ1) is 12.6. The average molecular weight is 347 g/mol. The molecule has 3 nitrogen and oxygen atoms in total. The van der Waals surface area contributed by atoms with Gasteiger partial charge in [0.05, 0.1) is 5.69 Å². The van der Waals surface area contributed by atoms with Crippen LogP contribution in [0.5, 0.6) is 5.75 Å². The number of phenols is 1. The lowest BCUT2D eigenvalue weighted by Crippen LogP contribution is -2.06. The summed E-state index contributed by atoms with van der Waals surface area (Å²) in [6.45, 7) is 1.61. The molecule has 134 valence electrons. The highest BCUT2D eigenvalue weighted by Gasteiger charge is 2.26. The van der Waals surface area contributed by atoms with Crippen LogP contribution in [0.3, 0.4) is 0 Å². The number of carbonyl (C=O) groups is 1. The maximum atomic E-state index is 11.9. The summed E-state index contributed by atoms with van der Waals surface area (Å²) in [6, 6.07) is 13.6. The molecule has 3 heteroatoms. The van der Waals surface area contributed by atoms with Crippen LogP contribution in [0.15, 0.2) is 42.5 Å². The number of ketones is 1. The summed E-state index contributed by atoms with van der Waals surface area (Å²) < 4.78 is 2.15. The van der Waals surface area contributed by atoms with Gasteiger partial charge in [-0.1, -0.05) is 43.5 Å². The number of fused-ring (bicyclic) bond motifs is 1. The molecular formula is C23H25NO2. The van der Waals surface area contributed by atoms with Gasteiger partial charge in [-0.05, 0) is 49.4 Å². The van der Waals surface area contributed by atoms with Gasteiger partial charge in [-0.25, -0.2) is 0 Å². The van der Waals surface area contributed by atoms with Gasteiger partial charge in [0.15, 0.2) is 5.78 Å². The fourth-order valence-electron chi connectivity index (χ4n) is 4.49. The smallest absolute Gasteiger partial charge is 0.159 e. The molecule has 0 saturated heterocycles. The van der Waals surface area contributed by atoms with Gasteiger partial charge < -0.3 is 9.67 Å². The van der Waals surface area contributed by atoms with E-state index in [0.717, 1.165) is 22.3 Å². The van der Waals surface area contributed by atoms with Gasteiger partial charge in [-0.15, -0.1) is 0 Å². The minimum Gasteiger partial charge on any atom is -0.507 e. The Bertz CT molecular complexity index is 977. The highest BCUT2D eigenvalue weighted by molar-refractivity contribution is 6.01. The summed E-state index contributed by atoms with van der Waals surface area (Å²) in [6.07, 6.45) is 6.20. The van der Waals surface area contributed by atoms with E-state index in [0.29, 0.717) is 11.7 Å². The Kier molecular flexibility index (Phi) is 4.31. The number of hydrogen-bond acceptors (Lipinski definition) is 2. The van der Waals surface area contributed by atoms with Crippen molar-refractivity contribution in [2.75, 3.05) is 0 Å². The number of para-hydroxylation sites is 1. The van der Waals surface area contributed by atoms with E-state index in [-0.39, 0.29) is 5.78 Å². The van der Waals surface area contributed by atoms with Crippen LogP contribution in [0.25, 0.3) is 22.2 Å². The number of phenolic OH excluding ortho intramolecular Hbond substituents is 1. The van der Waals surface area contributed by atoms with Crippen LogP contribution in [0.1, 0.15) is 60.9 Å². The predicted octanol–water partition coefficient (Wildman–Crippen LogP) is 5.80. The first kappa shape index (κ1) is 16.9. The van der Waals surface area contributed by atoms with Crippen LogP contribution in [0.4, 0.5) is 0 Å². The van der Waals surface area contributed by atoms with Crippen molar-refractivity contribution in [3.05, 3.63) is 53.6 Å². The fourth-order valence-corrected chi connectivity index (χ4v) is 4.49. The number of nitrogens with zero attached hydrogens (tertiary/aromatic N) is 1. The molecule has 1 fully saturated rings. The Morgan fingerprint density at radius 2 is 1.81 bits per heavy atom. The van der Waals surface area contributed by atoms with Crippen LogP contribution in [0, 0.1) is 0 Å². The van der Waals surface area contributed by atoms with Gasteiger partial charge >= 0.3 is 0 Å². The van der Waals surface area contributed by atoms with Crippen LogP contribution < -0.4 is 0 Å². The van der Waals surface area contributed by atoms with Crippen LogP contribution in [0.2, 0.25) is 0 Å². The van der Waals surface area contributed by atoms with Crippen molar-refractivity contribution in [1.82, 2.24) is 4.57 Å². The first-order valence-electron chi connectivity index (χ1n) is 9.49. The molecule has 1 saturated carbocycles. The Morgan fingerprint density at radius 1 is 1.08 bits per heavy atom. The molecule has 0 unspecified atom stereocenters. The summed E-state index contributed by atoms with van der Waals surface area (Å²) in [7, 11) is 2.04. The summed E-state index contributed by atoms with van der Waals surface area (Å²) in [5.41, 5.74) is 5.09. The first-order valence-corrected chi connectivity index (χ1v) is 9.49. The van der Waals surface area contributed by atoms with Crippen LogP contribution in [-0.2, 0) is 7.05 Å². The van der Waals surface area contributed by atoms with Crippen molar-refractivity contribution in [1.29, 1.82) is 0 Å². The minimum absolute atomic E-state index is 0.0800. The summed E-state index contributed by atoms with van der Waals surface area (Å²) >= 11 is 0. The van der Waals surface area contributed by atoms with E-state index in [1.165, 1.54) is 43.1 Å². The SMILES string of the molecule is CC(=O)c1ccc2c(C3CCCCC3)c(-c3ccccc3O)n(C)c2c1. The highest BCUT2D eigenvalue weighted by atomic mass is 16.3. The zero-order valence-electron chi connectivity index (χ0n) is 15.5. The van der Waals surface area contributed by atoms with Crippen molar-refractivity contribution < 1.29 is 9.90 Å². The van der Waals surface area contributed by atoms with Gasteiger partial charge in [0.1, 0.15) is 5.75 Å². The molecule has 0 atom stereocenters. The molecule has 1 aliphatic carbocycles. The van der Waals surface area contributed by atoms with Crippen LogP contribution >= 0.6 is 0 Å². The van der Waals surface area contributed by atoms with Gasteiger partial charge in [-0.3, -0.25) is 4.79 Å². The van der Waals surface area contributed by atoms with E-state index in [1.54, 1.807) is 13.0 Å². The number of rotatable bonds is 3. The number of hydrogen-bond donors (Lipinski definition) is 1. The van der Waals surface area contributed by atoms with Gasteiger partial charge in [-0.2, -0.15) is 0 Å². The number of Topliss-reactive ketones (excluding diaryl/α,β-unsaturated/α-hetero) is 1. The maximum absolute atomic E-state index is 11.9. The monoisotopic (exact) mass is 347 g/mol. The van der Waals surface area contributed by atoms with Gasteiger partial charge in [0.25, 0.3) is 0 Å². The summed E-state index contributed by atoms with van der Waals surface area (Å²) in [5.74, 6) is 0.893. The number of carbonyl (C=O) groups excluding carboxylic acids is 1. The largest absolute Gasteiger partial charge is 0.507 e. The molecule has 0 radical (unpaired) electrons. The zero-order valence-corrected chi connectivity index (χ0v) is 15.5. The second kappa shape index (κ2) is 6.64. The maximum Gasteiger partial charge on any atom is 0.159 e. The molecule has 4 rings (SSSR count). The topological polar surface area (TPSA) is 42.2 Å². The summed E-state index contributed by atoms with van der Waals surface area (Å²) in [4.78, 5) is 11.9. The third-order valence-corrected chi connectivity index (χ3v) is 5.82. The van der Waals surface area contributed by atoms with Gasteiger partial charge in [0.2, 0.25) is 0 Å². The van der Waals surface area contributed by atoms with Crippen molar-refractivity contribution in [2.45, 2.75) is 44.9 Å². The Labute approximate surface area is 154 Å². The van der Waals surface area contributed by atoms with Crippen molar-refractivity contribution in [3.63, 3.8) is 0 Å². The fraction of sp³-hybridized carbons (Fsp3) is 0.348. The lowest BCUT2D eigenvalue weighted by atomic mass is 9.81. The zero-order chi connectivity index (χ0) is 18.3. The predicted molar refractivity (Wildman–Crippen MR) is 106 cm³/mol. The van der Waals surface area contributed by atoms with Crippen molar-refractivity contribution in [3.8, 4) is 17.0 Å². The molecule has 1 aromatic heterocycles. The third kappa shape index (κ3) is 2.72. The van der Waals surface area contributed by atoms with E-state index in [4.69, 9.17) is 0 Å². The lowest BCUT2D eigenvalue weighted by Gasteiger charge is -2.23. The quantitative estimate of drug-likeness (QED) is 0.608. The van der Waals surface area contributed by atoms with E-state index in [9.17, 15) is 9.90 Å². The summed E-state index contributed by atoms with van der Waals surface area (Å²) in [5, 5.41) is 11.7. The number of aromatic nitrogens is 1.